The number of para-hydroxylation sites is 1. The van der Waals surface area contributed by atoms with Crippen LogP contribution in [0.2, 0.25) is 5.02 Å². The van der Waals surface area contributed by atoms with Crippen molar-refractivity contribution >= 4 is 35.1 Å². The number of dihydropyridines is 1. The molecule has 0 aromatic heterocycles. The molecule has 35 heavy (non-hydrogen) atoms. The standard InChI is InChI=1S/C28H30ClNO4S/c1-4-35-13-12-34-28(32)25-17(2)30-22-15-19(21-10-5-6-11-24(21)33-3)16-23(31)27(22)26(25)18-8-7-9-20(29)14-18/h5-11,14,19,26,30H,4,12-13,15-16H2,1-3H3/t19-,26-/m1/s1. The molecule has 2 aromatic rings. The monoisotopic (exact) mass is 511 g/mol. The molecule has 5 nitrogen and oxygen atoms in total. The van der Waals surface area contributed by atoms with Gasteiger partial charge in [-0.2, -0.15) is 11.8 Å². The summed E-state index contributed by atoms with van der Waals surface area (Å²) < 4.78 is 11.2. The van der Waals surface area contributed by atoms with Gasteiger partial charge in [0.1, 0.15) is 12.4 Å². The molecule has 2 aromatic carbocycles. The lowest BCUT2D eigenvalue weighted by Crippen LogP contribution is -2.36. The lowest BCUT2D eigenvalue weighted by atomic mass is 9.71. The molecular formula is C28H30ClNO4S. The van der Waals surface area contributed by atoms with Crippen molar-refractivity contribution < 1.29 is 19.1 Å². The van der Waals surface area contributed by atoms with Crippen LogP contribution in [0.1, 0.15) is 49.7 Å². The molecule has 0 saturated carbocycles. The molecule has 1 heterocycles. The van der Waals surface area contributed by atoms with E-state index in [0.717, 1.165) is 34.1 Å². The Morgan fingerprint density at radius 1 is 1.17 bits per heavy atom. The maximum absolute atomic E-state index is 13.7. The highest BCUT2D eigenvalue weighted by Gasteiger charge is 2.41. The van der Waals surface area contributed by atoms with Gasteiger partial charge >= 0.3 is 5.97 Å². The number of ether oxygens (including phenoxy) is 2. The normalized spacial score (nSPS) is 19.8. The van der Waals surface area contributed by atoms with E-state index in [2.05, 4.69) is 12.2 Å². The van der Waals surface area contributed by atoms with Gasteiger partial charge in [-0.05, 0) is 48.4 Å². The van der Waals surface area contributed by atoms with Gasteiger partial charge in [-0.25, -0.2) is 4.79 Å². The van der Waals surface area contributed by atoms with E-state index in [4.69, 9.17) is 21.1 Å². The number of allylic oxidation sites excluding steroid dienone is 3. The van der Waals surface area contributed by atoms with Crippen LogP contribution in [0, 0.1) is 0 Å². The Kier molecular flexibility index (Phi) is 8.24. The maximum atomic E-state index is 13.7. The van der Waals surface area contributed by atoms with E-state index in [1.165, 1.54) is 0 Å². The summed E-state index contributed by atoms with van der Waals surface area (Å²) in [6.45, 7) is 4.27. The number of hydrogen-bond donors (Lipinski definition) is 1. The average molecular weight is 512 g/mol. The summed E-state index contributed by atoms with van der Waals surface area (Å²) in [6.07, 6.45) is 0.984. The maximum Gasteiger partial charge on any atom is 0.336 e. The number of carbonyl (C=O) groups is 2. The third-order valence-electron chi connectivity index (χ3n) is 6.47. The van der Waals surface area contributed by atoms with Crippen LogP contribution in [0.5, 0.6) is 5.75 Å². The fourth-order valence-corrected chi connectivity index (χ4v) is 5.66. The summed E-state index contributed by atoms with van der Waals surface area (Å²) in [5, 5.41) is 3.95. The Morgan fingerprint density at radius 2 is 1.97 bits per heavy atom. The van der Waals surface area contributed by atoms with Crippen LogP contribution < -0.4 is 10.1 Å². The van der Waals surface area contributed by atoms with E-state index in [1.807, 2.05) is 49.4 Å². The topological polar surface area (TPSA) is 64.6 Å². The molecule has 0 saturated heterocycles. The van der Waals surface area contributed by atoms with Gasteiger partial charge in [0.05, 0.1) is 12.7 Å². The molecule has 4 rings (SSSR count). The van der Waals surface area contributed by atoms with Gasteiger partial charge in [-0.3, -0.25) is 4.79 Å². The highest BCUT2D eigenvalue weighted by Crippen LogP contribution is 2.47. The van der Waals surface area contributed by atoms with E-state index in [1.54, 1.807) is 24.9 Å². The average Bonchev–Trinajstić information content (AvgIpc) is 2.85. The van der Waals surface area contributed by atoms with Crippen molar-refractivity contribution in [3.05, 3.63) is 87.2 Å². The van der Waals surface area contributed by atoms with Gasteiger partial charge in [0, 0.05) is 46.0 Å². The smallest absolute Gasteiger partial charge is 0.336 e. The van der Waals surface area contributed by atoms with Crippen molar-refractivity contribution in [1.82, 2.24) is 5.32 Å². The summed E-state index contributed by atoms with van der Waals surface area (Å²) >= 11 is 8.05. The predicted octanol–water partition coefficient (Wildman–Crippen LogP) is 6.01. The minimum absolute atomic E-state index is 0.0129. The lowest BCUT2D eigenvalue weighted by Gasteiger charge is -2.37. The number of nitrogens with one attached hydrogen (secondary N) is 1. The summed E-state index contributed by atoms with van der Waals surface area (Å²) in [5.74, 6) is 1.54. The number of thioether (sulfide) groups is 1. The first-order valence-electron chi connectivity index (χ1n) is 11.8. The van der Waals surface area contributed by atoms with Crippen molar-refractivity contribution in [2.75, 3.05) is 25.2 Å². The van der Waals surface area contributed by atoms with Crippen LogP contribution in [0.4, 0.5) is 0 Å². The number of hydrogen-bond acceptors (Lipinski definition) is 6. The summed E-state index contributed by atoms with van der Waals surface area (Å²) in [5.41, 5.74) is 4.46. The molecule has 7 heteroatoms. The molecule has 2 aliphatic rings. The highest BCUT2D eigenvalue weighted by molar-refractivity contribution is 7.99. The van der Waals surface area contributed by atoms with Crippen LogP contribution in [0.15, 0.2) is 71.1 Å². The zero-order chi connectivity index (χ0) is 24.9. The Hall–Kier alpha value is -2.70. The molecule has 0 radical (unpaired) electrons. The van der Waals surface area contributed by atoms with Crippen LogP contribution in [-0.2, 0) is 14.3 Å². The van der Waals surface area contributed by atoms with Crippen molar-refractivity contribution in [1.29, 1.82) is 0 Å². The second-order valence-electron chi connectivity index (χ2n) is 8.65. The SMILES string of the molecule is CCSCCOC(=O)C1=C(C)NC2=C(C(=O)C[C@H](c3ccccc3OC)C2)[C@@H]1c1cccc(Cl)c1. The van der Waals surface area contributed by atoms with Crippen molar-refractivity contribution in [3.8, 4) is 5.75 Å². The third-order valence-corrected chi connectivity index (χ3v) is 7.57. The van der Waals surface area contributed by atoms with Crippen molar-refractivity contribution in [2.45, 2.75) is 38.5 Å². The first-order valence-corrected chi connectivity index (χ1v) is 13.3. The predicted molar refractivity (Wildman–Crippen MR) is 141 cm³/mol. The minimum Gasteiger partial charge on any atom is -0.496 e. The molecular weight excluding hydrogens is 482 g/mol. The van der Waals surface area contributed by atoms with E-state index in [-0.39, 0.29) is 11.7 Å². The highest BCUT2D eigenvalue weighted by atomic mass is 35.5. The van der Waals surface area contributed by atoms with E-state index >= 15 is 0 Å². The number of Topliss-reactive ketones (excluding diaryl/α,β-unsaturated/α-hetero) is 1. The molecule has 0 fully saturated rings. The van der Waals surface area contributed by atoms with Gasteiger partial charge in [0.25, 0.3) is 0 Å². The molecule has 1 aliphatic carbocycles. The number of halogens is 1. The number of methoxy groups -OCH3 is 1. The summed E-state index contributed by atoms with van der Waals surface area (Å²) in [4.78, 5) is 27.0. The first kappa shape index (κ1) is 25.4. The first-order chi connectivity index (χ1) is 16.9. The number of esters is 1. The second-order valence-corrected chi connectivity index (χ2v) is 10.5. The zero-order valence-electron chi connectivity index (χ0n) is 20.2. The largest absolute Gasteiger partial charge is 0.496 e. The van der Waals surface area contributed by atoms with Crippen LogP contribution in [0.3, 0.4) is 0 Å². The Bertz CT molecular complexity index is 1190. The molecule has 1 N–H and O–H groups in total. The van der Waals surface area contributed by atoms with Gasteiger partial charge < -0.3 is 14.8 Å². The molecule has 0 amide bonds. The zero-order valence-corrected chi connectivity index (χ0v) is 21.8. The van der Waals surface area contributed by atoms with Gasteiger partial charge in [0.15, 0.2) is 5.78 Å². The fraction of sp³-hybridized carbons (Fsp3) is 0.357. The quantitative estimate of drug-likeness (QED) is 0.346. The van der Waals surface area contributed by atoms with Crippen molar-refractivity contribution in [2.24, 2.45) is 0 Å². The Morgan fingerprint density at radius 3 is 2.71 bits per heavy atom. The van der Waals surface area contributed by atoms with Crippen LogP contribution in [0.25, 0.3) is 0 Å². The Labute approximate surface area is 215 Å². The molecule has 184 valence electrons. The Balaban J connectivity index is 1.73. The van der Waals surface area contributed by atoms with Gasteiger partial charge in [0.2, 0.25) is 0 Å². The van der Waals surface area contributed by atoms with E-state index in [0.29, 0.717) is 41.3 Å². The lowest BCUT2D eigenvalue weighted by molar-refractivity contribution is -0.138. The minimum atomic E-state index is -0.526. The second kappa shape index (κ2) is 11.4. The van der Waals surface area contributed by atoms with Gasteiger partial charge in [-0.1, -0.05) is 48.9 Å². The molecule has 0 unspecified atom stereocenters. The van der Waals surface area contributed by atoms with E-state index in [9.17, 15) is 9.59 Å². The third kappa shape index (κ3) is 5.44. The molecule has 0 spiro atoms. The number of carbonyl (C=O) groups excluding carboxylic acids is 2. The summed E-state index contributed by atoms with van der Waals surface area (Å²) in [7, 11) is 1.64. The van der Waals surface area contributed by atoms with E-state index < -0.39 is 11.9 Å². The number of ketones is 1. The summed E-state index contributed by atoms with van der Waals surface area (Å²) in [6, 6.07) is 15.2. The molecule has 2 atom stereocenters. The van der Waals surface area contributed by atoms with Crippen LogP contribution >= 0.6 is 23.4 Å². The van der Waals surface area contributed by atoms with Gasteiger partial charge in [-0.15, -0.1) is 0 Å². The molecule has 0 bridgehead atoms. The number of benzene rings is 2. The number of rotatable bonds is 8. The molecule has 1 aliphatic heterocycles. The fourth-order valence-electron chi connectivity index (χ4n) is 4.97. The van der Waals surface area contributed by atoms with Crippen molar-refractivity contribution in [3.63, 3.8) is 0 Å². The van der Waals surface area contributed by atoms with Crippen LogP contribution in [-0.4, -0.2) is 37.0 Å².